The third-order valence-electron chi connectivity index (χ3n) is 4.66. The van der Waals surface area contributed by atoms with E-state index < -0.39 is 0 Å². The molecule has 0 saturated carbocycles. The van der Waals surface area contributed by atoms with Crippen LogP contribution in [0.25, 0.3) is 0 Å². The maximum absolute atomic E-state index is 5.91. The fourth-order valence-electron chi connectivity index (χ4n) is 3.26. The molecule has 1 atom stereocenters. The third-order valence-corrected chi connectivity index (χ3v) is 4.66. The van der Waals surface area contributed by atoms with Crippen LogP contribution in [-0.2, 0) is 11.3 Å². The monoisotopic (exact) mass is 367 g/mol. The van der Waals surface area contributed by atoms with E-state index in [1.807, 2.05) is 55.6 Å². The minimum atomic E-state index is 0.549. The fourth-order valence-corrected chi connectivity index (χ4v) is 3.26. The number of para-hydroxylation sites is 1. The van der Waals surface area contributed by atoms with Gasteiger partial charge in [-0.05, 0) is 24.1 Å². The zero-order chi connectivity index (χ0) is 18.7. The first-order chi connectivity index (χ1) is 13.3. The van der Waals surface area contributed by atoms with Crippen LogP contribution >= 0.6 is 0 Å². The predicted octanol–water partition coefficient (Wildman–Crippen LogP) is 3.18. The molecule has 1 saturated heterocycles. The summed E-state index contributed by atoms with van der Waals surface area (Å²) in [6.07, 6.45) is 1.13. The lowest BCUT2D eigenvalue weighted by Crippen LogP contribution is -2.41. The Balaban J connectivity index is 1.33. The van der Waals surface area contributed by atoms with Gasteiger partial charge in [0, 0.05) is 26.1 Å². The third kappa shape index (κ3) is 6.29. The quantitative estimate of drug-likeness (QED) is 0.442. The van der Waals surface area contributed by atoms with Gasteiger partial charge in [0.15, 0.2) is 5.96 Å². The first-order valence-electron chi connectivity index (χ1n) is 9.60. The normalized spacial score (nSPS) is 17.1. The number of rotatable bonds is 8. The minimum Gasteiger partial charge on any atom is -0.492 e. The summed E-state index contributed by atoms with van der Waals surface area (Å²) in [5.74, 6) is 2.39. The van der Waals surface area contributed by atoms with Crippen LogP contribution in [0, 0.1) is 5.92 Å². The standard InChI is InChI=1S/C22H29N3O2/c1-23-22(24-13-15-27-21-10-6-3-7-11-21)25-14-12-20(16-25)18-26-17-19-8-4-2-5-9-19/h2-11,20H,12-18H2,1H3,(H,23,24). The van der Waals surface area contributed by atoms with Gasteiger partial charge in [-0.25, -0.2) is 0 Å². The van der Waals surface area contributed by atoms with E-state index in [2.05, 4.69) is 27.3 Å². The molecule has 1 fully saturated rings. The maximum atomic E-state index is 5.91. The number of aliphatic imine (C=N–C) groups is 1. The molecule has 5 heteroatoms. The molecule has 0 amide bonds. The van der Waals surface area contributed by atoms with Crippen molar-refractivity contribution in [2.24, 2.45) is 10.9 Å². The number of benzene rings is 2. The van der Waals surface area contributed by atoms with Crippen molar-refractivity contribution in [3.63, 3.8) is 0 Å². The number of hydrogen-bond donors (Lipinski definition) is 1. The van der Waals surface area contributed by atoms with E-state index in [0.717, 1.165) is 44.4 Å². The molecule has 0 bridgehead atoms. The Hall–Kier alpha value is -2.53. The average Bonchev–Trinajstić information content (AvgIpc) is 3.18. The van der Waals surface area contributed by atoms with E-state index in [9.17, 15) is 0 Å². The summed E-state index contributed by atoms with van der Waals surface area (Å²) in [6.45, 7) is 4.81. The molecule has 27 heavy (non-hydrogen) atoms. The topological polar surface area (TPSA) is 46.1 Å². The second kappa shape index (κ2) is 10.6. The van der Waals surface area contributed by atoms with Crippen LogP contribution in [0.5, 0.6) is 5.75 Å². The molecule has 1 aliphatic heterocycles. The van der Waals surface area contributed by atoms with Crippen LogP contribution in [0.1, 0.15) is 12.0 Å². The first kappa shape index (κ1) is 19.2. The van der Waals surface area contributed by atoms with Gasteiger partial charge < -0.3 is 19.7 Å². The SMILES string of the molecule is CN=C(NCCOc1ccccc1)N1CCC(COCc2ccccc2)C1. The molecule has 2 aromatic carbocycles. The molecule has 1 unspecified atom stereocenters. The Bertz CT molecular complexity index is 691. The van der Waals surface area contributed by atoms with Crippen LogP contribution in [0.2, 0.25) is 0 Å². The van der Waals surface area contributed by atoms with Crippen molar-refractivity contribution in [1.29, 1.82) is 0 Å². The number of nitrogens with zero attached hydrogens (tertiary/aromatic N) is 2. The van der Waals surface area contributed by atoms with Crippen molar-refractivity contribution in [3.05, 3.63) is 66.2 Å². The van der Waals surface area contributed by atoms with Crippen LogP contribution in [0.4, 0.5) is 0 Å². The number of likely N-dealkylation sites (tertiary alicyclic amines) is 1. The lowest BCUT2D eigenvalue weighted by molar-refractivity contribution is 0.0906. The van der Waals surface area contributed by atoms with Crippen LogP contribution in [0.15, 0.2) is 65.7 Å². The van der Waals surface area contributed by atoms with Crippen LogP contribution in [-0.4, -0.2) is 50.8 Å². The number of nitrogens with one attached hydrogen (secondary N) is 1. The lowest BCUT2D eigenvalue weighted by Gasteiger charge is -2.21. The van der Waals surface area contributed by atoms with Crippen molar-refractivity contribution in [2.45, 2.75) is 13.0 Å². The summed E-state index contributed by atoms with van der Waals surface area (Å²) in [4.78, 5) is 6.72. The van der Waals surface area contributed by atoms with Gasteiger partial charge in [-0.1, -0.05) is 48.5 Å². The van der Waals surface area contributed by atoms with E-state index in [-0.39, 0.29) is 0 Å². The molecule has 1 N–H and O–H groups in total. The van der Waals surface area contributed by atoms with Crippen LogP contribution in [0.3, 0.4) is 0 Å². The van der Waals surface area contributed by atoms with Gasteiger partial charge in [-0.3, -0.25) is 4.99 Å². The van der Waals surface area contributed by atoms with Crippen molar-refractivity contribution in [2.75, 3.05) is 39.9 Å². The second-order valence-corrected chi connectivity index (χ2v) is 6.74. The van der Waals surface area contributed by atoms with Crippen molar-refractivity contribution in [1.82, 2.24) is 10.2 Å². The van der Waals surface area contributed by atoms with Crippen molar-refractivity contribution in [3.8, 4) is 5.75 Å². The molecule has 0 spiro atoms. The molecule has 2 aromatic rings. The van der Waals surface area contributed by atoms with Gasteiger partial charge in [0.2, 0.25) is 0 Å². The molecule has 144 valence electrons. The van der Waals surface area contributed by atoms with E-state index in [1.54, 1.807) is 0 Å². The number of guanidine groups is 1. The smallest absolute Gasteiger partial charge is 0.193 e. The molecule has 1 aliphatic rings. The molecule has 0 aromatic heterocycles. The molecule has 5 nitrogen and oxygen atoms in total. The highest BCUT2D eigenvalue weighted by Crippen LogP contribution is 2.17. The summed E-state index contributed by atoms with van der Waals surface area (Å²) in [7, 11) is 1.83. The van der Waals surface area contributed by atoms with Gasteiger partial charge >= 0.3 is 0 Å². The van der Waals surface area contributed by atoms with E-state index >= 15 is 0 Å². The summed E-state index contributed by atoms with van der Waals surface area (Å²) >= 11 is 0. The zero-order valence-corrected chi connectivity index (χ0v) is 16.0. The first-order valence-corrected chi connectivity index (χ1v) is 9.60. The largest absolute Gasteiger partial charge is 0.492 e. The van der Waals surface area contributed by atoms with Gasteiger partial charge in [-0.2, -0.15) is 0 Å². The predicted molar refractivity (Wildman–Crippen MR) is 109 cm³/mol. The Morgan fingerprint density at radius 3 is 2.59 bits per heavy atom. The van der Waals surface area contributed by atoms with Gasteiger partial charge in [0.1, 0.15) is 12.4 Å². The zero-order valence-electron chi connectivity index (χ0n) is 16.0. The summed E-state index contributed by atoms with van der Waals surface area (Å²) in [6, 6.07) is 20.2. The van der Waals surface area contributed by atoms with Crippen molar-refractivity contribution >= 4 is 5.96 Å². The molecular formula is C22H29N3O2. The van der Waals surface area contributed by atoms with Crippen LogP contribution < -0.4 is 10.1 Å². The highest BCUT2D eigenvalue weighted by atomic mass is 16.5. The minimum absolute atomic E-state index is 0.549. The lowest BCUT2D eigenvalue weighted by atomic mass is 10.1. The summed E-state index contributed by atoms with van der Waals surface area (Å²) < 4.78 is 11.6. The average molecular weight is 367 g/mol. The fraction of sp³-hybridized carbons (Fsp3) is 0.409. The molecule has 3 rings (SSSR count). The highest BCUT2D eigenvalue weighted by Gasteiger charge is 2.24. The summed E-state index contributed by atoms with van der Waals surface area (Å²) in [5, 5.41) is 3.39. The second-order valence-electron chi connectivity index (χ2n) is 6.74. The Morgan fingerprint density at radius 2 is 1.85 bits per heavy atom. The molecule has 0 radical (unpaired) electrons. The van der Waals surface area contributed by atoms with Crippen molar-refractivity contribution < 1.29 is 9.47 Å². The van der Waals surface area contributed by atoms with E-state index in [1.165, 1.54) is 5.56 Å². The number of hydrogen-bond acceptors (Lipinski definition) is 3. The Morgan fingerprint density at radius 1 is 1.11 bits per heavy atom. The maximum Gasteiger partial charge on any atom is 0.193 e. The highest BCUT2D eigenvalue weighted by molar-refractivity contribution is 5.80. The molecule has 0 aliphatic carbocycles. The molecule has 1 heterocycles. The van der Waals surface area contributed by atoms with E-state index in [0.29, 0.717) is 19.1 Å². The summed E-state index contributed by atoms with van der Waals surface area (Å²) in [5.41, 5.74) is 1.23. The van der Waals surface area contributed by atoms with E-state index in [4.69, 9.17) is 9.47 Å². The van der Waals surface area contributed by atoms with Gasteiger partial charge in [-0.15, -0.1) is 0 Å². The van der Waals surface area contributed by atoms with Gasteiger partial charge in [0.05, 0.1) is 19.8 Å². The Kier molecular flexibility index (Phi) is 7.54. The Labute approximate surface area is 162 Å². The van der Waals surface area contributed by atoms with Gasteiger partial charge in [0.25, 0.3) is 0 Å². The molecular weight excluding hydrogens is 338 g/mol. The number of ether oxygens (including phenoxy) is 2.